The first-order valence-electron chi connectivity index (χ1n) is 10.9. The van der Waals surface area contributed by atoms with E-state index in [2.05, 4.69) is 10.2 Å². The summed E-state index contributed by atoms with van der Waals surface area (Å²) in [4.78, 5) is 15.4. The van der Waals surface area contributed by atoms with E-state index in [0.29, 0.717) is 30.2 Å². The molecule has 0 bridgehead atoms. The van der Waals surface area contributed by atoms with Crippen LogP contribution >= 0.6 is 0 Å². The van der Waals surface area contributed by atoms with Crippen molar-refractivity contribution >= 4 is 27.3 Å². The third-order valence-electron chi connectivity index (χ3n) is 5.95. The molecular weight excluding hydrogens is 433 g/mol. The van der Waals surface area contributed by atoms with Crippen LogP contribution in [0, 0.1) is 12.7 Å². The van der Waals surface area contributed by atoms with Gasteiger partial charge in [0.25, 0.3) is 5.91 Å². The Morgan fingerprint density at radius 2 is 1.72 bits per heavy atom. The smallest absolute Gasteiger partial charge is 0.257 e. The van der Waals surface area contributed by atoms with Gasteiger partial charge < -0.3 is 15.0 Å². The summed E-state index contributed by atoms with van der Waals surface area (Å²) in [5.41, 5.74) is 1.76. The maximum atomic E-state index is 14.0. The van der Waals surface area contributed by atoms with Gasteiger partial charge in [-0.05, 0) is 62.1 Å². The van der Waals surface area contributed by atoms with Gasteiger partial charge in [0.05, 0.1) is 23.7 Å². The lowest BCUT2D eigenvalue weighted by Gasteiger charge is -2.31. The number of amides is 1. The average molecular weight is 462 g/mol. The SMILES string of the molecule is Cc1ccc(NC(=O)c2cc(S(=O)(=O)N3CCOCC3)ccc2N2CCCCC2)cc1F. The molecule has 0 aromatic heterocycles. The van der Waals surface area contributed by atoms with E-state index in [9.17, 15) is 17.6 Å². The maximum absolute atomic E-state index is 14.0. The summed E-state index contributed by atoms with van der Waals surface area (Å²) < 4.78 is 47.0. The fourth-order valence-corrected chi connectivity index (χ4v) is 5.51. The molecule has 0 radical (unpaired) electrons. The number of nitrogens with one attached hydrogen (secondary N) is 1. The number of sulfonamides is 1. The molecule has 0 aliphatic carbocycles. The molecule has 0 unspecified atom stereocenters. The molecule has 9 heteroatoms. The number of piperidine rings is 1. The van der Waals surface area contributed by atoms with Crippen molar-refractivity contribution in [3.63, 3.8) is 0 Å². The third-order valence-corrected chi connectivity index (χ3v) is 7.84. The van der Waals surface area contributed by atoms with Crippen LogP contribution in [0.25, 0.3) is 0 Å². The summed E-state index contributed by atoms with van der Waals surface area (Å²) in [6.07, 6.45) is 3.15. The monoisotopic (exact) mass is 461 g/mol. The second-order valence-electron chi connectivity index (χ2n) is 8.16. The van der Waals surface area contributed by atoms with Crippen molar-refractivity contribution in [1.29, 1.82) is 0 Å². The summed E-state index contributed by atoms with van der Waals surface area (Å²) in [5, 5.41) is 2.73. The lowest BCUT2D eigenvalue weighted by Crippen LogP contribution is -2.40. The van der Waals surface area contributed by atoms with Crippen molar-refractivity contribution in [2.45, 2.75) is 31.1 Å². The highest BCUT2D eigenvalue weighted by molar-refractivity contribution is 7.89. The number of rotatable bonds is 5. The van der Waals surface area contributed by atoms with Gasteiger partial charge in [-0.15, -0.1) is 0 Å². The number of hydrogen-bond acceptors (Lipinski definition) is 5. The Labute approximate surface area is 188 Å². The van der Waals surface area contributed by atoms with Gasteiger partial charge in [-0.3, -0.25) is 4.79 Å². The summed E-state index contributed by atoms with van der Waals surface area (Å²) in [5.74, 6) is -0.879. The van der Waals surface area contributed by atoms with E-state index in [1.165, 1.54) is 16.4 Å². The van der Waals surface area contributed by atoms with E-state index >= 15 is 0 Å². The number of hydrogen-bond donors (Lipinski definition) is 1. The van der Waals surface area contributed by atoms with Gasteiger partial charge in [-0.25, -0.2) is 12.8 Å². The topological polar surface area (TPSA) is 79.0 Å². The van der Waals surface area contributed by atoms with E-state index in [1.807, 2.05) is 0 Å². The highest BCUT2D eigenvalue weighted by Gasteiger charge is 2.29. The first kappa shape index (κ1) is 22.7. The Morgan fingerprint density at radius 1 is 1.00 bits per heavy atom. The molecule has 2 heterocycles. The van der Waals surface area contributed by atoms with Gasteiger partial charge in [-0.2, -0.15) is 4.31 Å². The number of aryl methyl sites for hydroxylation is 1. The molecule has 2 aromatic carbocycles. The molecule has 7 nitrogen and oxygen atoms in total. The average Bonchev–Trinajstić information content (AvgIpc) is 2.82. The van der Waals surface area contributed by atoms with Gasteiger partial charge in [0.2, 0.25) is 10.0 Å². The molecule has 2 aliphatic heterocycles. The standard InChI is InChI=1S/C23H28FN3O4S/c1-17-5-6-18(15-21(17)24)25-23(28)20-16-19(32(29,30)27-11-13-31-14-12-27)7-8-22(20)26-9-3-2-4-10-26/h5-8,15-16H,2-4,9-14H2,1H3,(H,25,28). The zero-order valence-corrected chi connectivity index (χ0v) is 19.0. The molecule has 0 spiro atoms. The molecule has 2 aliphatic rings. The van der Waals surface area contributed by atoms with Crippen molar-refractivity contribution in [2.75, 3.05) is 49.6 Å². The summed E-state index contributed by atoms with van der Waals surface area (Å²) in [6.45, 7) is 4.50. The summed E-state index contributed by atoms with van der Waals surface area (Å²) in [7, 11) is -3.76. The number of nitrogens with zero attached hydrogens (tertiary/aromatic N) is 2. The van der Waals surface area contributed by atoms with Gasteiger partial charge in [0, 0.05) is 37.6 Å². The number of carbonyl (C=O) groups excluding carboxylic acids is 1. The molecule has 32 heavy (non-hydrogen) atoms. The lowest BCUT2D eigenvalue weighted by atomic mass is 10.1. The Hall–Kier alpha value is -2.49. The minimum absolute atomic E-state index is 0.0698. The number of ether oxygens (including phenoxy) is 1. The van der Waals surface area contributed by atoms with Gasteiger partial charge in [-0.1, -0.05) is 6.07 Å². The number of halogens is 1. The first-order valence-corrected chi connectivity index (χ1v) is 12.3. The normalized spacial score (nSPS) is 17.9. The minimum Gasteiger partial charge on any atom is -0.379 e. The minimum atomic E-state index is -3.76. The Balaban J connectivity index is 1.70. The van der Waals surface area contributed by atoms with E-state index in [0.717, 1.165) is 32.4 Å². The van der Waals surface area contributed by atoms with E-state index < -0.39 is 21.7 Å². The lowest BCUT2D eigenvalue weighted by molar-refractivity contribution is 0.0730. The molecule has 2 fully saturated rings. The van der Waals surface area contributed by atoms with Crippen molar-refractivity contribution in [3.05, 3.63) is 53.3 Å². The number of benzene rings is 2. The van der Waals surface area contributed by atoms with Crippen LogP contribution in [0.3, 0.4) is 0 Å². The quantitative estimate of drug-likeness (QED) is 0.738. The van der Waals surface area contributed by atoms with Crippen molar-refractivity contribution in [1.82, 2.24) is 4.31 Å². The van der Waals surface area contributed by atoms with Crippen LogP contribution in [-0.4, -0.2) is 58.0 Å². The highest BCUT2D eigenvalue weighted by atomic mass is 32.2. The van der Waals surface area contributed by atoms with Crippen LogP contribution in [0.5, 0.6) is 0 Å². The molecule has 172 valence electrons. The molecule has 0 atom stereocenters. The molecule has 4 rings (SSSR count). The predicted octanol–water partition coefficient (Wildman–Crippen LogP) is 3.40. The fraction of sp³-hybridized carbons (Fsp3) is 0.435. The Kier molecular flexibility index (Phi) is 6.78. The van der Waals surface area contributed by atoms with Crippen LogP contribution in [0.1, 0.15) is 35.2 Å². The van der Waals surface area contributed by atoms with Crippen molar-refractivity contribution in [2.24, 2.45) is 0 Å². The first-order chi connectivity index (χ1) is 15.4. The summed E-state index contributed by atoms with van der Waals surface area (Å²) >= 11 is 0. The Bertz CT molecular complexity index is 1090. The van der Waals surface area contributed by atoms with E-state index in [-0.39, 0.29) is 23.5 Å². The third kappa shape index (κ3) is 4.79. The molecule has 2 saturated heterocycles. The van der Waals surface area contributed by atoms with E-state index in [1.54, 1.807) is 31.2 Å². The van der Waals surface area contributed by atoms with Crippen molar-refractivity contribution < 1.29 is 22.3 Å². The summed E-state index contributed by atoms with van der Waals surface area (Å²) in [6, 6.07) is 9.21. The van der Waals surface area contributed by atoms with Crippen molar-refractivity contribution in [3.8, 4) is 0 Å². The van der Waals surface area contributed by atoms with Crippen LogP contribution in [0.2, 0.25) is 0 Å². The van der Waals surface area contributed by atoms with Gasteiger partial charge in [0.1, 0.15) is 5.82 Å². The Morgan fingerprint density at radius 3 is 2.41 bits per heavy atom. The molecule has 1 amide bonds. The zero-order chi connectivity index (χ0) is 22.7. The maximum Gasteiger partial charge on any atom is 0.257 e. The largest absolute Gasteiger partial charge is 0.379 e. The molecule has 1 N–H and O–H groups in total. The second-order valence-corrected chi connectivity index (χ2v) is 10.1. The van der Waals surface area contributed by atoms with Crippen LogP contribution < -0.4 is 10.2 Å². The second kappa shape index (κ2) is 9.56. The van der Waals surface area contributed by atoms with Gasteiger partial charge >= 0.3 is 0 Å². The van der Waals surface area contributed by atoms with Gasteiger partial charge in [0.15, 0.2) is 0 Å². The number of morpholine rings is 1. The zero-order valence-electron chi connectivity index (χ0n) is 18.1. The predicted molar refractivity (Wildman–Crippen MR) is 121 cm³/mol. The van der Waals surface area contributed by atoms with E-state index in [4.69, 9.17) is 4.74 Å². The molecular formula is C23H28FN3O4S. The molecule has 2 aromatic rings. The number of carbonyl (C=O) groups is 1. The molecule has 0 saturated carbocycles. The van der Waals surface area contributed by atoms with Crippen LogP contribution in [-0.2, 0) is 14.8 Å². The number of anilines is 2. The fourth-order valence-electron chi connectivity index (χ4n) is 4.07. The van der Waals surface area contributed by atoms with Crippen LogP contribution in [0.4, 0.5) is 15.8 Å². The highest BCUT2D eigenvalue weighted by Crippen LogP contribution is 2.29. The van der Waals surface area contributed by atoms with Crippen LogP contribution in [0.15, 0.2) is 41.3 Å².